The Hall–Kier alpha value is -3.74. The molecule has 2 aromatic heterocycles. The summed E-state index contributed by atoms with van der Waals surface area (Å²) in [6, 6.07) is 11.9. The monoisotopic (exact) mass is 378 g/mol. The number of hydrogen-bond donors (Lipinski definition) is 1. The molecule has 4 rings (SSSR count). The van der Waals surface area contributed by atoms with Crippen molar-refractivity contribution < 1.29 is 18.1 Å². The summed E-state index contributed by atoms with van der Waals surface area (Å²) in [5.74, 6) is -1.06. The molecule has 1 amide bonds. The lowest BCUT2D eigenvalue weighted by Crippen LogP contribution is -2.15. The van der Waals surface area contributed by atoms with Crippen molar-refractivity contribution in [3.63, 3.8) is 0 Å². The van der Waals surface area contributed by atoms with Crippen molar-refractivity contribution in [2.24, 2.45) is 0 Å². The Bertz CT molecular complexity index is 1260. The Kier molecular flexibility index (Phi) is 4.27. The molecule has 7 heteroatoms. The zero-order valence-corrected chi connectivity index (χ0v) is 15.1. The highest BCUT2D eigenvalue weighted by atomic mass is 19.1. The second-order valence-corrected chi connectivity index (χ2v) is 6.40. The zero-order chi connectivity index (χ0) is 19.8. The van der Waals surface area contributed by atoms with E-state index in [1.54, 1.807) is 18.2 Å². The number of benzene rings is 2. The molecule has 0 radical (unpaired) electrons. The highest BCUT2D eigenvalue weighted by Gasteiger charge is 2.17. The number of fused-ring (bicyclic) bond motifs is 1. The molecule has 0 atom stereocenters. The minimum absolute atomic E-state index is 0.0769. The van der Waals surface area contributed by atoms with Gasteiger partial charge in [-0.1, -0.05) is 11.2 Å². The highest BCUT2D eigenvalue weighted by molar-refractivity contribution is 6.02. The molecule has 0 spiro atoms. The van der Waals surface area contributed by atoms with Crippen LogP contribution in [0.25, 0.3) is 22.2 Å². The molecule has 0 bridgehead atoms. The van der Waals surface area contributed by atoms with E-state index in [1.165, 1.54) is 18.2 Å². The molecule has 140 valence electrons. The van der Waals surface area contributed by atoms with E-state index in [4.69, 9.17) is 8.94 Å². The maximum Gasteiger partial charge on any atom is 0.293 e. The van der Waals surface area contributed by atoms with E-state index in [0.717, 1.165) is 17.2 Å². The summed E-state index contributed by atoms with van der Waals surface area (Å²) < 4.78 is 23.8. The predicted octanol–water partition coefficient (Wildman–Crippen LogP) is 4.46. The average Bonchev–Trinajstić information content (AvgIpc) is 3.14. The standard InChI is InChI=1S/C21H15FN2O4/c1-11-3-8-15-17(25)10-18(27-20(15)12(11)2)21(26)23-19-9-16(24-28-19)13-4-6-14(22)7-5-13/h3-10H,1-2H3,(H,23,26). The smallest absolute Gasteiger partial charge is 0.293 e. The first-order chi connectivity index (χ1) is 13.4. The van der Waals surface area contributed by atoms with E-state index in [-0.39, 0.29) is 22.9 Å². The Morgan fingerprint density at radius 3 is 2.57 bits per heavy atom. The normalized spacial score (nSPS) is 11.0. The first kappa shape index (κ1) is 17.7. The molecule has 1 N–H and O–H groups in total. The largest absolute Gasteiger partial charge is 0.450 e. The van der Waals surface area contributed by atoms with Gasteiger partial charge < -0.3 is 8.94 Å². The maximum atomic E-state index is 13.0. The molecule has 0 saturated carbocycles. The van der Waals surface area contributed by atoms with Crippen molar-refractivity contribution in [1.82, 2.24) is 5.16 Å². The molecule has 0 fully saturated rings. The van der Waals surface area contributed by atoms with Crippen LogP contribution in [0.5, 0.6) is 0 Å². The van der Waals surface area contributed by atoms with Crippen LogP contribution in [0.1, 0.15) is 21.7 Å². The summed E-state index contributed by atoms with van der Waals surface area (Å²) >= 11 is 0. The van der Waals surface area contributed by atoms with E-state index in [9.17, 15) is 14.0 Å². The van der Waals surface area contributed by atoms with Gasteiger partial charge in [0.05, 0.1) is 5.39 Å². The van der Waals surface area contributed by atoms with Gasteiger partial charge in [0, 0.05) is 17.7 Å². The predicted molar refractivity (Wildman–Crippen MR) is 102 cm³/mol. The van der Waals surface area contributed by atoms with E-state index in [2.05, 4.69) is 10.5 Å². The van der Waals surface area contributed by atoms with E-state index >= 15 is 0 Å². The molecular formula is C21H15FN2O4. The number of carbonyl (C=O) groups is 1. The van der Waals surface area contributed by atoms with Gasteiger partial charge in [0.25, 0.3) is 5.91 Å². The molecular weight excluding hydrogens is 363 g/mol. The summed E-state index contributed by atoms with van der Waals surface area (Å²) in [7, 11) is 0. The van der Waals surface area contributed by atoms with Gasteiger partial charge in [-0.25, -0.2) is 4.39 Å². The number of aromatic nitrogens is 1. The van der Waals surface area contributed by atoms with Crippen LogP contribution in [0.15, 0.2) is 62.3 Å². The van der Waals surface area contributed by atoms with E-state index in [0.29, 0.717) is 22.2 Å². The van der Waals surface area contributed by atoms with Crippen molar-refractivity contribution in [2.45, 2.75) is 13.8 Å². The highest BCUT2D eigenvalue weighted by Crippen LogP contribution is 2.23. The molecule has 28 heavy (non-hydrogen) atoms. The maximum absolute atomic E-state index is 13.0. The van der Waals surface area contributed by atoms with Gasteiger partial charge in [0.1, 0.15) is 17.1 Å². The molecule has 0 unspecified atom stereocenters. The van der Waals surface area contributed by atoms with Gasteiger partial charge >= 0.3 is 0 Å². The summed E-state index contributed by atoms with van der Waals surface area (Å²) in [5.41, 5.74) is 2.88. The van der Waals surface area contributed by atoms with Crippen LogP contribution in [0.4, 0.5) is 10.3 Å². The van der Waals surface area contributed by atoms with Crippen LogP contribution in [0.2, 0.25) is 0 Å². The second kappa shape index (κ2) is 6.77. The van der Waals surface area contributed by atoms with Crippen molar-refractivity contribution in [3.05, 3.63) is 81.5 Å². The first-order valence-electron chi connectivity index (χ1n) is 8.50. The van der Waals surface area contributed by atoms with Gasteiger partial charge in [0.2, 0.25) is 5.88 Å². The van der Waals surface area contributed by atoms with Gasteiger partial charge in [0.15, 0.2) is 11.2 Å². The van der Waals surface area contributed by atoms with Crippen LogP contribution in [0, 0.1) is 19.7 Å². The molecule has 0 saturated heterocycles. The minimum atomic E-state index is -0.637. The Balaban J connectivity index is 1.63. The van der Waals surface area contributed by atoms with Crippen molar-refractivity contribution >= 4 is 22.8 Å². The SMILES string of the molecule is Cc1ccc2c(=O)cc(C(=O)Nc3cc(-c4ccc(F)cc4)no3)oc2c1C. The molecule has 2 aromatic carbocycles. The number of rotatable bonds is 3. The van der Waals surface area contributed by atoms with Gasteiger partial charge in [-0.15, -0.1) is 0 Å². The number of nitrogens with zero attached hydrogens (tertiary/aromatic N) is 1. The average molecular weight is 378 g/mol. The summed E-state index contributed by atoms with van der Waals surface area (Å²) in [6.07, 6.45) is 0. The second-order valence-electron chi connectivity index (χ2n) is 6.40. The van der Waals surface area contributed by atoms with Crippen molar-refractivity contribution in [2.75, 3.05) is 5.32 Å². The number of hydrogen-bond acceptors (Lipinski definition) is 5. The third kappa shape index (κ3) is 3.18. The fraction of sp³-hybridized carbons (Fsp3) is 0.0952. The quantitative estimate of drug-likeness (QED) is 0.569. The lowest BCUT2D eigenvalue weighted by Gasteiger charge is -2.06. The number of carbonyl (C=O) groups excluding carboxylic acids is 1. The Morgan fingerprint density at radius 1 is 1.07 bits per heavy atom. The fourth-order valence-corrected chi connectivity index (χ4v) is 2.83. The number of amides is 1. The lowest BCUT2D eigenvalue weighted by molar-refractivity contribution is 0.0994. The minimum Gasteiger partial charge on any atom is -0.450 e. The van der Waals surface area contributed by atoms with Gasteiger partial charge in [-0.3, -0.25) is 14.9 Å². The first-order valence-corrected chi connectivity index (χ1v) is 8.50. The molecule has 2 heterocycles. The Labute approximate surface area is 158 Å². The molecule has 4 aromatic rings. The summed E-state index contributed by atoms with van der Waals surface area (Å²) in [5, 5.41) is 6.78. The van der Waals surface area contributed by atoms with Crippen LogP contribution in [-0.4, -0.2) is 11.1 Å². The van der Waals surface area contributed by atoms with Gasteiger partial charge in [-0.2, -0.15) is 0 Å². The van der Waals surface area contributed by atoms with Crippen LogP contribution >= 0.6 is 0 Å². The molecule has 0 aliphatic heterocycles. The number of aryl methyl sites for hydroxylation is 2. The van der Waals surface area contributed by atoms with E-state index < -0.39 is 5.91 Å². The third-order valence-electron chi connectivity index (χ3n) is 4.53. The van der Waals surface area contributed by atoms with Crippen molar-refractivity contribution in [3.8, 4) is 11.3 Å². The number of anilines is 1. The molecule has 0 aliphatic rings. The van der Waals surface area contributed by atoms with Gasteiger partial charge in [-0.05, 0) is 55.3 Å². The third-order valence-corrected chi connectivity index (χ3v) is 4.53. The molecule has 0 aliphatic carbocycles. The van der Waals surface area contributed by atoms with Crippen LogP contribution < -0.4 is 10.7 Å². The number of nitrogens with one attached hydrogen (secondary N) is 1. The summed E-state index contributed by atoms with van der Waals surface area (Å²) in [6.45, 7) is 3.72. The Morgan fingerprint density at radius 2 is 1.82 bits per heavy atom. The zero-order valence-electron chi connectivity index (χ0n) is 15.1. The number of halogens is 1. The molecule has 6 nitrogen and oxygen atoms in total. The summed E-state index contributed by atoms with van der Waals surface area (Å²) in [4.78, 5) is 24.8. The van der Waals surface area contributed by atoms with Crippen LogP contribution in [-0.2, 0) is 0 Å². The fourth-order valence-electron chi connectivity index (χ4n) is 2.83. The van der Waals surface area contributed by atoms with Crippen LogP contribution in [0.3, 0.4) is 0 Å². The van der Waals surface area contributed by atoms with Crippen molar-refractivity contribution in [1.29, 1.82) is 0 Å². The lowest BCUT2D eigenvalue weighted by atomic mass is 10.1. The van der Waals surface area contributed by atoms with E-state index in [1.807, 2.05) is 19.9 Å². The topological polar surface area (TPSA) is 85.3 Å².